The van der Waals surface area contributed by atoms with Crippen molar-refractivity contribution in [1.29, 1.82) is 0 Å². The lowest BCUT2D eigenvalue weighted by molar-refractivity contribution is 0.195. The van der Waals surface area contributed by atoms with Gasteiger partial charge in [0.05, 0.1) is 16.9 Å². The summed E-state index contributed by atoms with van der Waals surface area (Å²) in [5, 5.41) is 4.88. The molecule has 0 amide bonds. The summed E-state index contributed by atoms with van der Waals surface area (Å²) < 4.78 is 9.60. The van der Waals surface area contributed by atoms with Gasteiger partial charge in [-0.3, -0.25) is 0 Å². The van der Waals surface area contributed by atoms with Gasteiger partial charge >= 0.3 is 0 Å². The number of nitrogens with zero attached hydrogens (tertiary/aromatic N) is 3. The molecule has 1 aliphatic carbocycles. The summed E-state index contributed by atoms with van der Waals surface area (Å²) in [7, 11) is 0. The van der Waals surface area contributed by atoms with Crippen LogP contribution in [0.25, 0.3) is 42.1 Å². The summed E-state index contributed by atoms with van der Waals surface area (Å²) in [6, 6.07) is 60.1. The van der Waals surface area contributed by atoms with E-state index in [0.717, 1.165) is 34.0 Å². The SMILES string of the molecule is Cc1cc2c3c(c1)N(c1cccc4sc5ccccc5c14)c1cc(C(C)(C)C)ccc1B3c1ccc(N3c4ccccc4C4(C)CCCCC34C)cc1N2c1cccc2c1oc1ccccc12. The minimum absolute atomic E-state index is 0.0131. The fraction of sp³-hybridized carbons (Fsp3) is 0.213. The third-order valence-corrected chi connectivity index (χ3v) is 17.7. The Labute approximate surface area is 397 Å². The van der Waals surface area contributed by atoms with Gasteiger partial charge in [0.15, 0.2) is 5.58 Å². The maximum atomic E-state index is 6.98. The summed E-state index contributed by atoms with van der Waals surface area (Å²) in [4.78, 5) is 7.93. The molecule has 326 valence electrons. The van der Waals surface area contributed by atoms with E-state index in [2.05, 4.69) is 214 Å². The number of anilines is 8. The minimum atomic E-state index is -0.0722. The third kappa shape index (κ3) is 5.25. The van der Waals surface area contributed by atoms with Crippen LogP contribution in [0.4, 0.5) is 45.5 Å². The average molecular weight is 886 g/mol. The number of fused-ring (bicyclic) bond motifs is 13. The Hall–Kier alpha value is -6.76. The van der Waals surface area contributed by atoms with Gasteiger partial charge in [-0.25, -0.2) is 0 Å². The van der Waals surface area contributed by atoms with Crippen molar-refractivity contribution < 1.29 is 4.42 Å². The number of rotatable bonds is 3. The van der Waals surface area contributed by atoms with Crippen LogP contribution in [0.1, 0.15) is 77.0 Å². The lowest BCUT2D eigenvalue weighted by Gasteiger charge is -2.50. The Balaban J connectivity index is 1.09. The van der Waals surface area contributed by atoms with E-state index in [-0.39, 0.29) is 23.1 Å². The number of thiophene rings is 1. The van der Waals surface area contributed by atoms with Crippen molar-refractivity contribution in [2.24, 2.45) is 0 Å². The van der Waals surface area contributed by atoms with Crippen molar-refractivity contribution in [3.8, 4) is 0 Å². The molecule has 0 N–H and O–H groups in total. The fourth-order valence-corrected chi connectivity index (χ4v) is 14.3. The van der Waals surface area contributed by atoms with E-state index in [1.165, 1.54) is 112 Å². The monoisotopic (exact) mass is 885 g/mol. The number of hydrogen-bond acceptors (Lipinski definition) is 5. The maximum Gasteiger partial charge on any atom is 0.252 e. The zero-order chi connectivity index (χ0) is 45.1. The van der Waals surface area contributed by atoms with Gasteiger partial charge in [-0.2, -0.15) is 0 Å². The van der Waals surface area contributed by atoms with Crippen molar-refractivity contribution in [3.63, 3.8) is 0 Å². The summed E-state index contributed by atoms with van der Waals surface area (Å²) in [6.07, 6.45) is 4.84. The van der Waals surface area contributed by atoms with E-state index < -0.39 is 0 Å². The fourth-order valence-electron chi connectivity index (χ4n) is 13.2. The van der Waals surface area contributed by atoms with Gasteiger partial charge in [-0.15, -0.1) is 11.3 Å². The van der Waals surface area contributed by atoms with Crippen LogP contribution in [0, 0.1) is 6.92 Å². The summed E-state index contributed by atoms with van der Waals surface area (Å²) in [5.41, 5.74) is 19.5. The van der Waals surface area contributed by atoms with E-state index in [1.54, 1.807) is 0 Å². The van der Waals surface area contributed by atoms with Crippen LogP contribution in [0.2, 0.25) is 0 Å². The highest BCUT2D eigenvalue weighted by Crippen LogP contribution is 2.61. The average Bonchev–Trinajstić information content (AvgIpc) is 3.97. The summed E-state index contributed by atoms with van der Waals surface area (Å²) in [5.74, 6) is 0. The second-order valence-electron chi connectivity index (χ2n) is 21.3. The van der Waals surface area contributed by atoms with Crippen LogP contribution in [0.5, 0.6) is 0 Å². The molecule has 6 heteroatoms. The first-order valence-corrected chi connectivity index (χ1v) is 25.1. The topological polar surface area (TPSA) is 22.9 Å². The van der Waals surface area contributed by atoms with Gasteiger partial charge in [0.2, 0.25) is 0 Å². The van der Waals surface area contributed by atoms with E-state index in [0.29, 0.717) is 0 Å². The van der Waals surface area contributed by atoms with Crippen molar-refractivity contribution in [3.05, 3.63) is 174 Å². The molecule has 0 bridgehead atoms. The second kappa shape index (κ2) is 13.7. The molecular weight excluding hydrogens is 834 g/mol. The highest BCUT2D eigenvalue weighted by Gasteiger charge is 2.58. The molecule has 2 aromatic heterocycles. The predicted molar refractivity (Wildman–Crippen MR) is 287 cm³/mol. The third-order valence-electron chi connectivity index (χ3n) is 16.6. The highest BCUT2D eigenvalue weighted by atomic mass is 32.1. The standard InChI is InChI=1S/C61H52BN3OS/c1-37-33-51-57-52(34-37)64(48-23-15-19-41-40-17-7-11-24-53(40)66-58(41)48)50-36-39(65-46-21-10-9-20-43(46)60(5)31-13-14-32-61(60,65)6)28-30-45(50)62(57)44-29-27-38(59(2,3)4)35-49(44)63(51)47-22-16-26-55-56(47)42-18-8-12-25-54(42)67-55/h7-12,15-30,33-36H,13-14,31-32H2,1-6H3. The molecule has 0 radical (unpaired) electrons. The molecule has 0 spiro atoms. The Kier molecular flexibility index (Phi) is 8.04. The molecule has 0 saturated heterocycles. The van der Waals surface area contributed by atoms with Crippen LogP contribution in [0.15, 0.2) is 162 Å². The van der Waals surface area contributed by atoms with Crippen molar-refractivity contribution in [1.82, 2.24) is 0 Å². The van der Waals surface area contributed by atoms with Crippen LogP contribution in [-0.4, -0.2) is 12.3 Å². The second-order valence-corrected chi connectivity index (χ2v) is 22.3. The Bertz CT molecular complexity index is 3750. The maximum absolute atomic E-state index is 6.98. The zero-order valence-electron chi connectivity index (χ0n) is 39.1. The molecule has 2 atom stereocenters. The minimum Gasteiger partial charge on any atom is -0.454 e. The molecule has 2 unspecified atom stereocenters. The van der Waals surface area contributed by atoms with Gasteiger partial charge in [0, 0.05) is 70.5 Å². The van der Waals surface area contributed by atoms with E-state index in [4.69, 9.17) is 4.42 Å². The number of furan rings is 1. The lowest BCUT2D eigenvalue weighted by Crippen LogP contribution is -2.61. The quantitative estimate of drug-likeness (QED) is 0.165. The number of aryl methyl sites for hydroxylation is 1. The van der Waals surface area contributed by atoms with E-state index in [1.807, 2.05) is 11.3 Å². The predicted octanol–water partition coefficient (Wildman–Crippen LogP) is 15.4. The Morgan fingerprint density at radius 3 is 2.04 bits per heavy atom. The van der Waals surface area contributed by atoms with Crippen LogP contribution in [-0.2, 0) is 10.8 Å². The molecule has 67 heavy (non-hydrogen) atoms. The molecule has 3 aliphatic heterocycles. The molecule has 5 heterocycles. The Morgan fingerprint density at radius 2 is 1.21 bits per heavy atom. The number of hydrogen-bond donors (Lipinski definition) is 0. The van der Waals surface area contributed by atoms with Gasteiger partial charge in [-0.05, 0) is 132 Å². The summed E-state index contributed by atoms with van der Waals surface area (Å²) in [6.45, 7) is 14.4. The molecule has 4 nitrogen and oxygen atoms in total. The first-order chi connectivity index (χ1) is 32.5. The lowest BCUT2D eigenvalue weighted by atomic mass is 9.33. The molecule has 4 aliphatic rings. The molecule has 1 saturated carbocycles. The Morgan fingerprint density at radius 1 is 0.567 bits per heavy atom. The number of para-hydroxylation sites is 3. The first kappa shape index (κ1) is 39.4. The molecular formula is C61H52BN3OS. The van der Waals surface area contributed by atoms with Crippen molar-refractivity contribution in [2.75, 3.05) is 14.7 Å². The molecule has 14 rings (SSSR count). The van der Waals surface area contributed by atoms with Gasteiger partial charge < -0.3 is 19.1 Å². The largest absolute Gasteiger partial charge is 0.454 e. The summed E-state index contributed by atoms with van der Waals surface area (Å²) >= 11 is 1.89. The van der Waals surface area contributed by atoms with Crippen LogP contribution >= 0.6 is 11.3 Å². The van der Waals surface area contributed by atoms with E-state index in [9.17, 15) is 0 Å². The highest BCUT2D eigenvalue weighted by molar-refractivity contribution is 7.26. The zero-order valence-corrected chi connectivity index (χ0v) is 39.9. The van der Waals surface area contributed by atoms with E-state index >= 15 is 0 Å². The van der Waals surface area contributed by atoms with Gasteiger partial charge in [0.1, 0.15) is 5.58 Å². The molecule has 10 aromatic rings. The number of benzene rings is 8. The van der Waals surface area contributed by atoms with Crippen LogP contribution < -0.4 is 31.1 Å². The molecule has 8 aromatic carbocycles. The van der Waals surface area contributed by atoms with Gasteiger partial charge in [-0.1, -0.05) is 132 Å². The van der Waals surface area contributed by atoms with Crippen molar-refractivity contribution in [2.45, 2.75) is 83.6 Å². The molecule has 1 fully saturated rings. The van der Waals surface area contributed by atoms with Gasteiger partial charge in [0.25, 0.3) is 6.71 Å². The normalized spacial score (nSPS) is 19.6. The van der Waals surface area contributed by atoms with Crippen molar-refractivity contribution >= 4 is 122 Å². The first-order valence-electron chi connectivity index (χ1n) is 24.3. The van der Waals surface area contributed by atoms with Crippen LogP contribution in [0.3, 0.4) is 0 Å². The smallest absolute Gasteiger partial charge is 0.252 e.